The summed E-state index contributed by atoms with van der Waals surface area (Å²) in [6, 6.07) is 24.6. The summed E-state index contributed by atoms with van der Waals surface area (Å²) < 4.78 is 19.3. The number of aryl methyl sites for hydroxylation is 1. The van der Waals surface area contributed by atoms with Crippen molar-refractivity contribution in [2.24, 2.45) is 0 Å². The molecule has 0 unspecified atom stereocenters. The first-order valence-corrected chi connectivity index (χ1v) is 9.36. The molecule has 4 aromatic rings. The van der Waals surface area contributed by atoms with Crippen LogP contribution in [0.5, 0.6) is 5.75 Å². The second-order valence-corrected chi connectivity index (χ2v) is 6.61. The molecule has 0 aliphatic rings. The second-order valence-electron chi connectivity index (χ2n) is 6.61. The van der Waals surface area contributed by atoms with Gasteiger partial charge in [0.05, 0.1) is 12.1 Å². The molecule has 0 amide bonds. The van der Waals surface area contributed by atoms with Crippen molar-refractivity contribution in [3.05, 3.63) is 96.4 Å². The predicted molar refractivity (Wildman–Crippen MR) is 112 cm³/mol. The fourth-order valence-corrected chi connectivity index (χ4v) is 3.16. The normalized spacial score (nSPS) is 10.8. The van der Waals surface area contributed by atoms with Crippen molar-refractivity contribution in [1.82, 2.24) is 4.98 Å². The Morgan fingerprint density at radius 1 is 0.893 bits per heavy atom. The zero-order chi connectivity index (χ0) is 19.2. The van der Waals surface area contributed by atoms with Gasteiger partial charge in [0.25, 0.3) is 0 Å². The van der Waals surface area contributed by atoms with Crippen LogP contribution in [0.25, 0.3) is 10.9 Å². The van der Waals surface area contributed by atoms with Crippen LogP contribution in [0.1, 0.15) is 12.0 Å². The second kappa shape index (κ2) is 8.53. The van der Waals surface area contributed by atoms with Crippen molar-refractivity contribution in [2.75, 3.05) is 11.9 Å². The van der Waals surface area contributed by atoms with Gasteiger partial charge in [0.1, 0.15) is 11.6 Å². The molecule has 0 spiro atoms. The molecule has 0 fully saturated rings. The van der Waals surface area contributed by atoms with Crippen molar-refractivity contribution < 1.29 is 9.13 Å². The van der Waals surface area contributed by atoms with Gasteiger partial charge in [-0.1, -0.05) is 36.4 Å². The number of rotatable bonds is 7. The van der Waals surface area contributed by atoms with Crippen molar-refractivity contribution in [1.29, 1.82) is 0 Å². The maximum atomic E-state index is 13.4. The average molecular weight is 372 g/mol. The first kappa shape index (κ1) is 18.0. The van der Waals surface area contributed by atoms with E-state index in [2.05, 4.69) is 34.6 Å². The third-order valence-electron chi connectivity index (χ3n) is 4.54. The summed E-state index contributed by atoms with van der Waals surface area (Å²) in [4.78, 5) is 4.44. The molecular formula is C24H21FN2O. The van der Waals surface area contributed by atoms with E-state index in [4.69, 9.17) is 4.74 Å². The standard InChI is InChI=1S/C24H21FN2O/c25-19-9-4-10-20(16-19)27-23-13-14-26-24-17-21(11-12-22(23)24)28-15-5-8-18-6-2-1-3-7-18/h1-4,6-7,9-14,16-17H,5,8,15H2,(H,26,27). The highest BCUT2D eigenvalue weighted by Gasteiger charge is 2.05. The van der Waals surface area contributed by atoms with Crippen molar-refractivity contribution >= 4 is 22.3 Å². The van der Waals surface area contributed by atoms with Crippen molar-refractivity contribution in [2.45, 2.75) is 12.8 Å². The number of nitrogens with zero attached hydrogens (tertiary/aromatic N) is 1. The molecule has 0 bridgehead atoms. The van der Waals surface area contributed by atoms with E-state index in [1.54, 1.807) is 12.3 Å². The van der Waals surface area contributed by atoms with Crippen molar-refractivity contribution in [3.63, 3.8) is 0 Å². The summed E-state index contributed by atoms with van der Waals surface area (Å²) in [5.41, 5.74) is 3.74. The fourth-order valence-electron chi connectivity index (χ4n) is 3.16. The number of hydrogen-bond donors (Lipinski definition) is 1. The summed E-state index contributed by atoms with van der Waals surface area (Å²) in [5, 5.41) is 4.22. The molecule has 1 N–H and O–H groups in total. The highest BCUT2D eigenvalue weighted by atomic mass is 19.1. The van der Waals surface area contributed by atoms with Gasteiger partial charge in [-0.15, -0.1) is 0 Å². The van der Waals surface area contributed by atoms with Crippen LogP contribution in [0, 0.1) is 5.82 Å². The molecule has 28 heavy (non-hydrogen) atoms. The van der Waals surface area contributed by atoms with Gasteiger partial charge in [0.2, 0.25) is 0 Å². The Labute approximate surface area is 163 Å². The number of halogens is 1. The van der Waals surface area contributed by atoms with E-state index in [9.17, 15) is 4.39 Å². The molecule has 0 aliphatic heterocycles. The molecule has 4 heteroatoms. The minimum Gasteiger partial charge on any atom is -0.494 e. The van der Waals surface area contributed by atoms with Gasteiger partial charge in [-0.05, 0) is 54.8 Å². The minimum absolute atomic E-state index is 0.269. The Kier molecular flexibility index (Phi) is 5.48. The summed E-state index contributed by atoms with van der Waals surface area (Å²) in [5.74, 6) is 0.533. The van der Waals surface area contributed by atoms with E-state index in [0.29, 0.717) is 12.3 Å². The Morgan fingerprint density at radius 3 is 2.64 bits per heavy atom. The lowest BCUT2D eigenvalue weighted by atomic mass is 10.1. The Bertz CT molecular complexity index is 1070. The monoisotopic (exact) mass is 372 g/mol. The minimum atomic E-state index is -0.269. The number of nitrogens with one attached hydrogen (secondary N) is 1. The van der Waals surface area contributed by atoms with Gasteiger partial charge in [-0.2, -0.15) is 0 Å². The van der Waals surface area contributed by atoms with Crippen molar-refractivity contribution in [3.8, 4) is 5.75 Å². The van der Waals surface area contributed by atoms with E-state index >= 15 is 0 Å². The topological polar surface area (TPSA) is 34.2 Å². The third kappa shape index (κ3) is 4.46. The lowest BCUT2D eigenvalue weighted by molar-refractivity contribution is 0.311. The predicted octanol–water partition coefficient (Wildman–Crippen LogP) is 6.13. The molecule has 1 aromatic heterocycles. The Morgan fingerprint density at radius 2 is 1.79 bits per heavy atom. The number of anilines is 2. The molecule has 3 aromatic carbocycles. The molecular weight excluding hydrogens is 351 g/mol. The number of hydrogen-bond acceptors (Lipinski definition) is 3. The summed E-state index contributed by atoms with van der Waals surface area (Å²) >= 11 is 0. The van der Waals surface area contributed by atoms with Gasteiger partial charge in [-0.25, -0.2) is 4.39 Å². The van der Waals surface area contributed by atoms with E-state index in [1.165, 1.54) is 17.7 Å². The average Bonchev–Trinajstić information content (AvgIpc) is 2.72. The zero-order valence-electron chi connectivity index (χ0n) is 15.4. The van der Waals surface area contributed by atoms with Crippen LogP contribution < -0.4 is 10.1 Å². The van der Waals surface area contributed by atoms with E-state index in [0.717, 1.165) is 35.2 Å². The van der Waals surface area contributed by atoms with Crippen LogP contribution in [0.15, 0.2) is 85.1 Å². The molecule has 4 rings (SSSR count). The quantitative estimate of drug-likeness (QED) is 0.396. The maximum absolute atomic E-state index is 13.4. The fraction of sp³-hybridized carbons (Fsp3) is 0.125. The van der Waals surface area contributed by atoms with Gasteiger partial charge < -0.3 is 10.1 Å². The summed E-state index contributed by atoms with van der Waals surface area (Å²) in [6.07, 6.45) is 3.69. The van der Waals surface area contributed by atoms with Gasteiger partial charge in [-0.3, -0.25) is 4.98 Å². The maximum Gasteiger partial charge on any atom is 0.125 e. The molecule has 1 heterocycles. The highest BCUT2D eigenvalue weighted by Crippen LogP contribution is 2.28. The molecule has 0 radical (unpaired) electrons. The number of ether oxygens (including phenoxy) is 1. The largest absolute Gasteiger partial charge is 0.494 e. The van der Waals surface area contributed by atoms with Crippen LogP contribution in [-0.2, 0) is 6.42 Å². The van der Waals surface area contributed by atoms with Crippen LogP contribution >= 0.6 is 0 Å². The number of pyridine rings is 1. The summed E-state index contributed by atoms with van der Waals surface area (Å²) in [7, 11) is 0. The molecule has 0 aliphatic carbocycles. The first-order valence-electron chi connectivity index (χ1n) is 9.36. The molecule has 3 nitrogen and oxygen atoms in total. The number of fused-ring (bicyclic) bond motifs is 1. The lowest BCUT2D eigenvalue weighted by Gasteiger charge is -2.11. The van der Waals surface area contributed by atoms with Gasteiger partial charge >= 0.3 is 0 Å². The Balaban J connectivity index is 1.43. The molecule has 140 valence electrons. The van der Waals surface area contributed by atoms with Crippen LogP contribution in [0.2, 0.25) is 0 Å². The Hall–Kier alpha value is -3.40. The van der Waals surface area contributed by atoms with E-state index in [1.807, 2.05) is 36.4 Å². The molecule has 0 atom stereocenters. The molecule has 0 saturated heterocycles. The summed E-state index contributed by atoms with van der Waals surface area (Å²) in [6.45, 7) is 0.654. The molecule has 0 saturated carbocycles. The van der Waals surface area contributed by atoms with Gasteiger partial charge in [0, 0.05) is 29.0 Å². The first-order chi connectivity index (χ1) is 13.8. The van der Waals surface area contributed by atoms with Crippen LogP contribution in [0.3, 0.4) is 0 Å². The lowest BCUT2D eigenvalue weighted by Crippen LogP contribution is -2.00. The van der Waals surface area contributed by atoms with E-state index < -0.39 is 0 Å². The van der Waals surface area contributed by atoms with Gasteiger partial charge in [0.15, 0.2) is 0 Å². The SMILES string of the molecule is Fc1cccc(Nc2ccnc3cc(OCCCc4ccccc4)ccc23)c1. The highest BCUT2D eigenvalue weighted by molar-refractivity contribution is 5.93. The zero-order valence-corrected chi connectivity index (χ0v) is 15.4. The van der Waals surface area contributed by atoms with E-state index in [-0.39, 0.29) is 5.82 Å². The smallest absolute Gasteiger partial charge is 0.125 e. The number of benzene rings is 3. The third-order valence-corrected chi connectivity index (χ3v) is 4.54. The van der Waals surface area contributed by atoms with Crippen LogP contribution in [-0.4, -0.2) is 11.6 Å². The number of aromatic nitrogens is 1. The van der Waals surface area contributed by atoms with Crippen LogP contribution in [0.4, 0.5) is 15.8 Å².